The van der Waals surface area contributed by atoms with Crippen LogP contribution >= 0.6 is 22.9 Å². The van der Waals surface area contributed by atoms with Gasteiger partial charge in [-0.05, 0) is 38.1 Å². The number of methoxy groups -OCH3 is 1. The van der Waals surface area contributed by atoms with Gasteiger partial charge in [-0.1, -0.05) is 11.6 Å². The molecule has 2 aromatic heterocycles. The number of rotatable bonds is 6. The minimum Gasteiger partial charge on any atom is -0.484 e. The van der Waals surface area contributed by atoms with Crippen molar-refractivity contribution in [2.24, 2.45) is 0 Å². The fraction of sp³-hybridized carbons (Fsp3) is 0.211. The quantitative estimate of drug-likeness (QED) is 0.453. The second-order valence-corrected chi connectivity index (χ2v) is 7.09. The molecule has 0 aliphatic carbocycles. The zero-order valence-electron chi connectivity index (χ0n) is 15.0. The monoisotopic (exact) mass is 404 g/mol. The zero-order valence-corrected chi connectivity index (χ0v) is 16.6. The first-order chi connectivity index (χ1) is 12.9. The predicted octanol–water partition coefficient (Wildman–Crippen LogP) is 4.25. The molecular weight excluding hydrogens is 388 g/mol. The molecule has 6 nitrogen and oxygen atoms in total. The highest BCUT2D eigenvalue weighted by Crippen LogP contribution is 2.26. The molecule has 27 heavy (non-hydrogen) atoms. The third-order valence-electron chi connectivity index (χ3n) is 4.05. The smallest absolute Gasteiger partial charge is 0.341 e. The zero-order chi connectivity index (χ0) is 19.6. The number of ketones is 1. The third kappa shape index (κ3) is 3.89. The highest BCUT2D eigenvalue weighted by Gasteiger charge is 2.20. The SMILES string of the molecule is COC(=O)c1ccc(Cl)cc1OCC(=O)c1cc(C)n(-c2nccs2)c1C. The first kappa shape index (κ1) is 19.1. The number of hydrogen-bond donors (Lipinski definition) is 0. The molecule has 0 saturated carbocycles. The molecule has 8 heteroatoms. The summed E-state index contributed by atoms with van der Waals surface area (Å²) >= 11 is 7.47. The Bertz CT molecular complexity index is 996. The van der Waals surface area contributed by atoms with E-state index in [4.69, 9.17) is 21.1 Å². The van der Waals surface area contributed by atoms with E-state index in [0.717, 1.165) is 16.5 Å². The van der Waals surface area contributed by atoms with Gasteiger partial charge in [0.2, 0.25) is 5.78 Å². The van der Waals surface area contributed by atoms with Gasteiger partial charge in [0.1, 0.15) is 11.3 Å². The number of esters is 1. The molecule has 2 heterocycles. The van der Waals surface area contributed by atoms with Crippen molar-refractivity contribution in [3.8, 4) is 10.9 Å². The summed E-state index contributed by atoms with van der Waals surface area (Å²) in [6.45, 7) is 3.55. The second-order valence-electron chi connectivity index (χ2n) is 5.78. The standard InChI is InChI=1S/C19H17ClN2O4S/c1-11-8-15(12(2)22(11)19-21-6-7-27-19)16(23)10-26-17-9-13(20)4-5-14(17)18(24)25-3/h4-9H,10H2,1-3H3. The van der Waals surface area contributed by atoms with Crippen LogP contribution in [0.2, 0.25) is 5.02 Å². The molecule has 3 rings (SSSR count). The van der Waals surface area contributed by atoms with E-state index in [1.54, 1.807) is 12.3 Å². The van der Waals surface area contributed by atoms with Crippen LogP contribution in [-0.2, 0) is 4.74 Å². The van der Waals surface area contributed by atoms with E-state index >= 15 is 0 Å². The average molecular weight is 405 g/mol. The van der Waals surface area contributed by atoms with Gasteiger partial charge in [0.25, 0.3) is 0 Å². The van der Waals surface area contributed by atoms with E-state index < -0.39 is 5.97 Å². The van der Waals surface area contributed by atoms with Crippen LogP contribution in [0.5, 0.6) is 5.75 Å². The number of carbonyl (C=O) groups excluding carboxylic acids is 2. The van der Waals surface area contributed by atoms with Crippen LogP contribution in [0.25, 0.3) is 5.13 Å². The Morgan fingerprint density at radius 3 is 2.67 bits per heavy atom. The maximum absolute atomic E-state index is 12.7. The van der Waals surface area contributed by atoms with Crippen molar-refractivity contribution in [1.29, 1.82) is 0 Å². The van der Waals surface area contributed by atoms with Gasteiger partial charge in [0, 0.05) is 33.6 Å². The number of nitrogens with zero attached hydrogens (tertiary/aromatic N) is 2. The Morgan fingerprint density at radius 2 is 2.00 bits per heavy atom. The number of ether oxygens (including phenoxy) is 2. The fourth-order valence-corrected chi connectivity index (χ4v) is 3.69. The lowest BCUT2D eigenvalue weighted by Gasteiger charge is -2.10. The summed E-state index contributed by atoms with van der Waals surface area (Å²) in [5.41, 5.74) is 2.45. The molecule has 0 unspecified atom stereocenters. The summed E-state index contributed by atoms with van der Waals surface area (Å²) in [5, 5.41) is 3.08. The molecule has 0 aliphatic heterocycles. The molecule has 0 fully saturated rings. The maximum atomic E-state index is 12.7. The minimum atomic E-state index is -0.559. The van der Waals surface area contributed by atoms with Crippen LogP contribution in [0.3, 0.4) is 0 Å². The topological polar surface area (TPSA) is 70.4 Å². The van der Waals surface area contributed by atoms with Crippen molar-refractivity contribution in [1.82, 2.24) is 9.55 Å². The van der Waals surface area contributed by atoms with Crippen LogP contribution in [-0.4, -0.2) is 35.0 Å². The Balaban J connectivity index is 1.83. The maximum Gasteiger partial charge on any atom is 0.341 e. The lowest BCUT2D eigenvalue weighted by Crippen LogP contribution is -2.14. The largest absolute Gasteiger partial charge is 0.484 e. The first-order valence-electron chi connectivity index (χ1n) is 8.05. The molecule has 0 spiro atoms. The van der Waals surface area contributed by atoms with Crippen molar-refractivity contribution in [2.45, 2.75) is 13.8 Å². The first-order valence-corrected chi connectivity index (χ1v) is 9.30. The lowest BCUT2D eigenvalue weighted by atomic mass is 10.1. The highest BCUT2D eigenvalue weighted by atomic mass is 35.5. The molecule has 0 amide bonds. The van der Waals surface area contributed by atoms with Crippen molar-refractivity contribution in [3.05, 3.63) is 63.4 Å². The van der Waals surface area contributed by atoms with Gasteiger partial charge in [-0.3, -0.25) is 9.36 Å². The molecule has 0 atom stereocenters. The molecule has 0 radical (unpaired) electrons. The van der Waals surface area contributed by atoms with Gasteiger partial charge >= 0.3 is 5.97 Å². The number of carbonyl (C=O) groups is 2. The van der Waals surface area contributed by atoms with Crippen LogP contribution in [0.15, 0.2) is 35.8 Å². The van der Waals surface area contributed by atoms with Gasteiger partial charge in [-0.2, -0.15) is 0 Å². The van der Waals surface area contributed by atoms with E-state index in [9.17, 15) is 9.59 Å². The number of halogens is 1. The third-order valence-corrected chi connectivity index (χ3v) is 5.04. The average Bonchev–Trinajstić information content (AvgIpc) is 3.26. The highest BCUT2D eigenvalue weighted by molar-refractivity contribution is 7.12. The molecule has 140 valence electrons. The summed E-state index contributed by atoms with van der Waals surface area (Å²) in [7, 11) is 1.28. The van der Waals surface area contributed by atoms with Crippen molar-refractivity contribution in [3.63, 3.8) is 0 Å². The molecule has 0 saturated heterocycles. The number of aromatic nitrogens is 2. The van der Waals surface area contributed by atoms with E-state index in [1.165, 1.54) is 30.6 Å². The molecule has 0 N–H and O–H groups in total. The Labute approximate surface area is 165 Å². The van der Waals surface area contributed by atoms with Gasteiger partial charge in [-0.15, -0.1) is 11.3 Å². The number of benzene rings is 1. The van der Waals surface area contributed by atoms with E-state index in [2.05, 4.69) is 4.98 Å². The summed E-state index contributed by atoms with van der Waals surface area (Å²) < 4.78 is 12.3. The minimum absolute atomic E-state index is 0.205. The number of Topliss-reactive ketones (excluding diaryl/α,β-unsaturated/α-hetero) is 1. The number of hydrogen-bond acceptors (Lipinski definition) is 6. The lowest BCUT2D eigenvalue weighted by molar-refractivity contribution is 0.0594. The van der Waals surface area contributed by atoms with E-state index in [0.29, 0.717) is 10.6 Å². The molecule has 0 bridgehead atoms. The van der Waals surface area contributed by atoms with Crippen LogP contribution < -0.4 is 4.74 Å². The van der Waals surface area contributed by atoms with E-state index in [1.807, 2.05) is 29.9 Å². The van der Waals surface area contributed by atoms with Crippen molar-refractivity contribution >= 4 is 34.7 Å². The fourth-order valence-electron chi connectivity index (χ4n) is 2.78. The summed E-state index contributed by atoms with van der Waals surface area (Å²) in [4.78, 5) is 28.9. The predicted molar refractivity (Wildman–Crippen MR) is 104 cm³/mol. The normalized spacial score (nSPS) is 10.7. The molecule has 0 aliphatic rings. The Hall–Kier alpha value is -2.64. The van der Waals surface area contributed by atoms with Crippen LogP contribution in [0.1, 0.15) is 32.1 Å². The molecule has 3 aromatic rings. The number of thiazole rings is 1. The van der Waals surface area contributed by atoms with Crippen LogP contribution in [0.4, 0.5) is 0 Å². The van der Waals surface area contributed by atoms with Crippen molar-refractivity contribution < 1.29 is 19.1 Å². The Kier molecular flexibility index (Phi) is 5.62. The van der Waals surface area contributed by atoms with Crippen LogP contribution in [0, 0.1) is 13.8 Å². The van der Waals surface area contributed by atoms with Gasteiger partial charge in [0.05, 0.1) is 7.11 Å². The Morgan fingerprint density at radius 1 is 1.22 bits per heavy atom. The molecular formula is C19H17ClN2O4S. The molecule has 1 aromatic carbocycles. The van der Waals surface area contributed by atoms with E-state index in [-0.39, 0.29) is 23.7 Å². The van der Waals surface area contributed by atoms with Crippen molar-refractivity contribution in [2.75, 3.05) is 13.7 Å². The second kappa shape index (κ2) is 7.94. The number of aryl methyl sites for hydroxylation is 1. The summed E-state index contributed by atoms with van der Waals surface area (Å²) in [6.07, 6.45) is 1.72. The summed E-state index contributed by atoms with van der Waals surface area (Å²) in [5.74, 6) is -0.561. The van der Waals surface area contributed by atoms with Gasteiger partial charge in [-0.25, -0.2) is 9.78 Å². The summed E-state index contributed by atoms with van der Waals surface area (Å²) in [6, 6.07) is 6.36. The van der Waals surface area contributed by atoms with Gasteiger partial charge in [0.15, 0.2) is 11.7 Å². The van der Waals surface area contributed by atoms with Gasteiger partial charge < -0.3 is 9.47 Å².